The van der Waals surface area contributed by atoms with Crippen LogP contribution in [0.25, 0.3) is 0 Å². The molecule has 0 saturated heterocycles. The molecule has 0 spiro atoms. The second-order valence-corrected chi connectivity index (χ2v) is 3.40. The Morgan fingerprint density at radius 1 is 1.50 bits per heavy atom. The van der Waals surface area contributed by atoms with Crippen LogP contribution in [-0.4, -0.2) is 9.78 Å². The van der Waals surface area contributed by atoms with Crippen LogP contribution in [0.2, 0.25) is 0 Å². The van der Waals surface area contributed by atoms with Crippen molar-refractivity contribution in [2.45, 2.75) is 39.3 Å². The summed E-state index contributed by atoms with van der Waals surface area (Å²) >= 11 is 0. The van der Waals surface area contributed by atoms with E-state index in [0.717, 1.165) is 12.2 Å². The van der Waals surface area contributed by atoms with Gasteiger partial charge in [0, 0.05) is 18.8 Å². The molecular weight excluding hydrogens is 150 g/mol. The van der Waals surface area contributed by atoms with E-state index in [1.807, 2.05) is 0 Å². The molecule has 1 aromatic rings. The average molecular weight is 165 g/mol. The first-order valence-corrected chi connectivity index (χ1v) is 4.58. The zero-order valence-corrected chi connectivity index (χ0v) is 7.51. The lowest BCUT2D eigenvalue weighted by Crippen LogP contribution is -2.11. The Hall–Kier alpha value is -0.830. The number of hydrogen-bond donors (Lipinski definition) is 1. The fourth-order valence-electron chi connectivity index (χ4n) is 1.89. The van der Waals surface area contributed by atoms with Crippen LogP contribution in [0, 0.1) is 6.92 Å². The molecule has 0 bridgehead atoms. The van der Waals surface area contributed by atoms with E-state index >= 15 is 0 Å². The van der Waals surface area contributed by atoms with E-state index in [1.54, 1.807) is 0 Å². The fourth-order valence-corrected chi connectivity index (χ4v) is 1.89. The van der Waals surface area contributed by atoms with Crippen molar-refractivity contribution in [2.24, 2.45) is 5.73 Å². The van der Waals surface area contributed by atoms with Crippen LogP contribution in [-0.2, 0) is 19.5 Å². The van der Waals surface area contributed by atoms with Crippen LogP contribution in [0.1, 0.15) is 29.8 Å². The highest BCUT2D eigenvalue weighted by Crippen LogP contribution is 2.20. The number of fused-ring (bicyclic) bond motifs is 1. The highest BCUT2D eigenvalue weighted by atomic mass is 15.3. The summed E-state index contributed by atoms with van der Waals surface area (Å²) in [6.07, 6.45) is 3.74. The number of rotatable bonds is 1. The van der Waals surface area contributed by atoms with Crippen molar-refractivity contribution in [3.05, 3.63) is 17.0 Å². The summed E-state index contributed by atoms with van der Waals surface area (Å²) in [4.78, 5) is 0. The van der Waals surface area contributed by atoms with Crippen LogP contribution in [0.3, 0.4) is 0 Å². The molecular formula is C9H15N3. The van der Waals surface area contributed by atoms with Gasteiger partial charge in [0.2, 0.25) is 0 Å². The van der Waals surface area contributed by atoms with Gasteiger partial charge in [0.25, 0.3) is 0 Å². The highest BCUT2D eigenvalue weighted by Gasteiger charge is 2.15. The summed E-state index contributed by atoms with van der Waals surface area (Å²) in [6.45, 7) is 3.79. The molecule has 3 nitrogen and oxygen atoms in total. The quantitative estimate of drug-likeness (QED) is 0.674. The molecule has 0 saturated carbocycles. The van der Waals surface area contributed by atoms with Crippen molar-refractivity contribution in [3.8, 4) is 0 Å². The molecule has 0 fully saturated rings. The Bertz CT molecular complexity index is 288. The lowest BCUT2D eigenvalue weighted by Gasteiger charge is -2.13. The van der Waals surface area contributed by atoms with Crippen molar-refractivity contribution in [3.63, 3.8) is 0 Å². The first-order chi connectivity index (χ1) is 5.83. The molecule has 0 unspecified atom stereocenters. The summed E-state index contributed by atoms with van der Waals surface area (Å²) in [6, 6.07) is 0. The van der Waals surface area contributed by atoms with E-state index < -0.39 is 0 Å². The van der Waals surface area contributed by atoms with Gasteiger partial charge >= 0.3 is 0 Å². The molecule has 0 aliphatic carbocycles. The van der Waals surface area contributed by atoms with Crippen LogP contribution in [0.5, 0.6) is 0 Å². The molecule has 2 rings (SSSR count). The molecule has 0 atom stereocenters. The van der Waals surface area contributed by atoms with Crippen LogP contribution in [0.4, 0.5) is 0 Å². The topological polar surface area (TPSA) is 43.8 Å². The smallest absolute Gasteiger partial charge is 0.0792 e. The molecule has 0 radical (unpaired) electrons. The summed E-state index contributed by atoms with van der Waals surface area (Å²) in [5, 5.41) is 4.46. The van der Waals surface area contributed by atoms with Gasteiger partial charge in [0.15, 0.2) is 0 Å². The zero-order valence-electron chi connectivity index (χ0n) is 7.51. The Balaban J connectivity index is 2.44. The summed E-state index contributed by atoms with van der Waals surface area (Å²) in [5.41, 5.74) is 9.38. The largest absolute Gasteiger partial charge is 0.325 e. The van der Waals surface area contributed by atoms with Gasteiger partial charge in [-0.2, -0.15) is 5.10 Å². The third-order valence-electron chi connectivity index (χ3n) is 2.65. The second-order valence-electron chi connectivity index (χ2n) is 3.40. The van der Waals surface area contributed by atoms with Crippen molar-refractivity contribution in [1.29, 1.82) is 0 Å². The fraction of sp³-hybridized carbons (Fsp3) is 0.667. The standard InChI is InChI=1S/C9H15N3/c1-7-8(6-10)11-12-5-3-2-4-9(7)12/h2-6,10H2,1H3. The van der Waals surface area contributed by atoms with Gasteiger partial charge in [-0.15, -0.1) is 0 Å². The maximum Gasteiger partial charge on any atom is 0.0792 e. The third-order valence-corrected chi connectivity index (χ3v) is 2.65. The first-order valence-electron chi connectivity index (χ1n) is 4.58. The van der Waals surface area contributed by atoms with Crippen molar-refractivity contribution < 1.29 is 0 Å². The normalized spacial score (nSPS) is 16.2. The molecule has 1 aliphatic heterocycles. The van der Waals surface area contributed by atoms with Gasteiger partial charge in [0.1, 0.15) is 0 Å². The molecule has 2 heterocycles. The van der Waals surface area contributed by atoms with Crippen molar-refractivity contribution >= 4 is 0 Å². The summed E-state index contributed by atoms with van der Waals surface area (Å²) in [5.74, 6) is 0. The molecule has 12 heavy (non-hydrogen) atoms. The van der Waals surface area contributed by atoms with Gasteiger partial charge in [-0.25, -0.2) is 0 Å². The average Bonchev–Trinajstić information content (AvgIpc) is 2.44. The molecule has 66 valence electrons. The lowest BCUT2D eigenvalue weighted by molar-refractivity contribution is 0.482. The summed E-state index contributed by atoms with van der Waals surface area (Å²) in [7, 11) is 0. The van der Waals surface area contributed by atoms with Gasteiger partial charge in [-0.1, -0.05) is 0 Å². The minimum Gasteiger partial charge on any atom is -0.325 e. The van der Waals surface area contributed by atoms with Crippen LogP contribution in [0.15, 0.2) is 0 Å². The maximum atomic E-state index is 5.59. The number of aryl methyl sites for hydroxylation is 1. The van der Waals surface area contributed by atoms with E-state index in [4.69, 9.17) is 5.73 Å². The highest BCUT2D eigenvalue weighted by molar-refractivity contribution is 5.25. The van der Waals surface area contributed by atoms with Crippen molar-refractivity contribution in [2.75, 3.05) is 0 Å². The van der Waals surface area contributed by atoms with Crippen molar-refractivity contribution in [1.82, 2.24) is 9.78 Å². The monoisotopic (exact) mass is 165 g/mol. The minimum atomic E-state index is 0.575. The number of nitrogens with two attached hydrogens (primary N) is 1. The van der Waals surface area contributed by atoms with E-state index in [0.29, 0.717) is 6.54 Å². The summed E-state index contributed by atoms with van der Waals surface area (Å²) < 4.78 is 2.13. The Morgan fingerprint density at radius 2 is 2.33 bits per heavy atom. The maximum absolute atomic E-state index is 5.59. The van der Waals surface area contributed by atoms with Gasteiger partial charge in [-0.3, -0.25) is 4.68 Å². The molecule has 2 N–H and O–H groups in total. The lowest BCUT2D eigenvalue weighted by atomic mass is 10.1. The Labute approximate surface area is 72.6 Å². The predicted molar refractivity (Wildman–Crippen MR) is 47.8 cm³/mol. The predicted octanol–water partition coefficient (Wildman–Crippen LogP) is 0.987. The number of hydrogen-bond acceptors (Lipinski definition) is 2. The van der Waals surface area contributed by atoms with Gasteiger partial charge in [-0.05, 0) is 31.7 Å². The minimum absolute atomic E-state index is 0.575. The van der Waals surface area contributed by atoms with E-state index in [1.165, 1.54) is 30.5 Å². The SMILES string of the molecule is Cc1c(CN)nn2c1CCCC2. The molecule has 1 aromatic heterocycles. The zero-order chi connectivity index (χ0) is 8.55. The van der Waals surface area contributed by atoms with Gasteiger partial charge in [0.05, 0.1) is 5.69 Å². The number of nitrogens with zero attached hydrogens (tertiary/aromatic N) is 2. The van der Waals surface area contributed by atoms with Crippen LogP contribution < -0.4 is 5.73 Å². The second kappa shape index (κ2) is 2.90. The Morgan fingerprint density at radius 3 is 3.00 bits per heavy atom. The molecule has 0 amide bonds. The molecule has 0 aromatic carbocycles. The Kier molecular flexibility index (Phi) is 1.89. The third kappa shape index (κ3) is 1.05. The van der Waals surface area contributed by atoms with Gasteiger partial charge < -0.3 is 5.73 Å². The molecule has 3 heteroatoms. The van der Waals surface area contributed by atoms with E-state index in [-0.39, 0.29) is 0 Å². The number of aromatic nitrogens is 2. The van der Waals surface area contributed by atoms with Crippen LogP contribution >= 0.6 is 0 Å². The first kappa shape index (κ1) is 7.80. The van der Waals surface area contributed by atoms with E-state index in [9.17, 15) is 0 Å². The van der Waals surface area contributed by atoms with E-state index in [2.05, 4.69) is 16.7 Å². The molecule has 1 aliphatic rings.